The van der Waals surface area contributed by atoms with Crippen LogP contribution in [0.3, 0.4) is 0 Å². The lowest BCUT2D eigenvalue weighted by atomic mass is 10.1. The molecule has 1 aromatic heterocycles. The number of benzene rings is 1. The van der Waals surface area contributed by atoms with E-state index in [0.29, 0.717) is 24.3 Å². The van der Waals surface area contributed by atoms with Gasteiger partial charge in [0.25, 0.3) is 0 Å². The molecule has 0 aliphatic carbocycles. The average molecular weight is 486 g/mol. The Labute approximate surface area is 177 Å². The van der Waals surface area contributed by atoms with E-state index in [9.17, 15) is 4.39 Å². The van der Waals surface area contributed by atoms with Crippen molar-refractivity contribution in [2.45, 2.75) is 40.3 Å². The summed E-state index contributed by atoms with van der Waals surface area (Å²) in [4.78, 5) is 8.49. The number of pyridine rings is 1. The van der Waals surface area contributed by atoms with Crippen LogP contribution in [-0.2, 0) is 6.54 Å². The molecule has 2 aromatic rings. The summed E-state index contributed by atoms with van der Waals surface area (Å²) in [6.45, 7) is 9.57. The summed E-state index contributed by atoms with van der Waals surface area (Å²) in [6.07, 6.45) is 3.18. The van der Waals surface area contributed by atoms with Gasteiger partial charge in [0.15, 0.2) is 17.5 Å². The molecule has 5 nitrogen and oxygen atoms in total. The Morgan fingerprint density at radius 3 is 2.63 bits per heavy atom. The summed E-state index contributed by atoms with van der Waals surface area (Å²) >= 11 is 0. The van der Waals surface area contributed by atoms with Crippen molar-refractivity contribution in [1.82, 2.24) is 15.6 Å². The third kappa shape index (κ3) is 7.70. The highest BCUT2D eigenvalue weighted by atomic mass is 127. The third-order valence-corrected chi connectivity index (χ3v) is 3.99. The Bertz CT molecular complexity index is 725. The number of guanidine groups is 1. The summed E-state index contributed by atoms with van der Waals surface area (Å²) in [5, 5.41) is 6.57. The van der Waals surface area contributed by atoms with Crippen LogP contribution in [0.4, 0.5) is 4.39 Å². The van der Waals surface area contributed by atoms with Crippen molar-refractivity contribution >= 4 is 29.9 Å². The zero-order chi connectivity index (χ0) is 18.9. The van der Waals surface area contributed by atoms with Crippen LogP contribution in [0.25, 0.3) is 0 Å². The number of nitrogens with zero attached hydrogens (tertiary/aromatic N) is 2. The van der Waals surface area contributed by atoms with Gasteiger partial charge in [-0.2, -0.15) is 0 Å². The Balaban J connectivity index is 0.00000364. The molecule has 0 aliphatic rings. The summed E-state index contributed by atoms with van der Waals surface area (Å²) < 4.78 is 19.8. The SMILES string of the molecule is CCNC(=NCc1ccc(Oc2cccnc2)c(F)c1)NC(C)C(C)C.I. The fourth-order valence-corrected chi connectivity index (χ4v) is 2.13. The number of hydrogen-bond acceptors (Lipinski definition) is 3. The van der Waals surface area contributed by atoms with Gasteiger partial charge in [0, 0.05) is 18.8 Å². The maximum atomic E-state index is 14.3. The van der Waals surface area contributed by atoms with Crippen molar-refractivity contribution in [2.24, 2.45) is 10.9 Å². The first-order valence-corrected chi connectivity index (χ1v) is 8.90. The summed E-state index contributed by atoms with van der Waals surface area (Å²) in [5.41, 5.74) is 0.774. The normalized spacial score (nSPS) is 12.3. The highest BCUT2D eigenvalue weighted by Gasteiger charge is 2.10. The van der Waals surface area contributed by atoms with E-state index in [0.717, 1.165) is 18.1 Å². The number of nitrogens with one attached hydrogen (secondary N) is 2. The maximum absolute atomic E-state index is 14.3. The Morgan fingerprint density at radius 2 is 2.04 bits per heavy atom. The van der Waals surface area contributed by atoms with Crippen LogP contribution < -0.4 is 15.4 Å². The van der Waals surface area contributed by atoms with Crippen molar-refractivity contribution in [1.29, 1.82) is 0 Å². The van der Waals surface area contributed by atoms with Gasteiger partial charge in [-0.15, -0.1) is 24.0 Å². The molecule has 0 saturated carbocycles. The quantitative estimate of drug-likeness (QED) is 0.338. The number of rotatable bonds is 7. The first kappa shape index (κ1) is 23.1. The molecule has 0 amide bonds. The molecular formula is C20H28FIN4O. The van der Waals surface area contributed by atoms with E-state index in [1.807, 2.05) is 13.0 Å². The van der Waals surface area contributed by atoms with Crippen molar-refractivity contribution in [3.63, 3.8) is 0 Å². The Hall–Kier alpha value is -1.90. The van der Waals surface area contributed by atoms with Crippen LogP contribution in [0, 0.1) is 11.7 Å². The monoisotopic (exact) mass is 486 g/mol. The molecule has 0 radical (unpaired) electrons. The highest BCUT2D eigenvalue weighted by Crippen LogP contribution is 2.24. The first-order valence-electron chi connectivity index (χ1n) is 8.90. The molecule has 148 valence electrons. The lowest BCUT2D eigenvalue weighted by Gasteiger charge is -2.20. The van der Waals surface area contributed by atoms with Crippen LogP contribution in [0.5, 0.6) is 11.5 Å². The van der Waals surface area contributed by atoms with Gasteiger partial charge in [0.1, 0.15) is 5.75 Å². The second-order valence-electron chi connectivity index (χ2n) is 6.43. The summed E-state index contributed by atoms with van der Waals surface area (Å²) in [5.74, 6) is 1.46. The van der Waals surface area contributed by atoms with Gasteiger partial charge >= 0.3 is 0 Å². The van der Waals surface area contributed by atoms with E-state index >= 15 is 0 Å². The van der Waals surface area contributed by atoms with Crippen molar-refractivity contribution in [3.8, 4) is 11.5 Å². The van der Waals surface area contributed by atoms with Gasteiger partial charge in [0.05, 0.1) is 12.7 Å². The maximum Gasteiger partial charge on any atom is 0.191 e. The molecular weight excluding hydrogens is 458 g/mol. The molecule has 7 heteroatoms. The van der Waals surface area contributed by atoms with Crippen molar-refractivity contribution in [3.05, 3.63) is 54.1 Å². The topological polar surface area (TPSA) is 58.5 Å². The second kappa shape index (κ2) is 11.7. The van der Waals surface area contributed by atoms with Gasteiger partial charge in [-0.05, 0) is 49.6 Å². The van der Waals surface area contributed by atoms with E-state index in [1.165, 1.54) is 6.07 Å². The van der Waals surface area contributed by atoms with E-state index < -0.39 is 5.82 Å². The van der Waals surface area contributed by atoms with Gasteiger partial charge in [-0.1, -0.05) is 19.9 Å². The zero-order valence-electron chi connectivity index (χ0n) is 16.2. The fraction of sp³-hybridized carbons (Fsp3) is 0.400. The number of aromatic nitrogens is 1. The molecule has 0 fully saturated rings. The molecule has 0 aliphatic heterocycles. The van der Waals surface area contributed by atoms with E-state index in [2.05, 4.69) is 41.4 Å². The average Bonchev–Trinajstić information content (AvgIpc) is 2.62. The minimum absolute atomic E-state index is 0. The lowest BCUT2D eigenvalue weighted by molar-refractivity contribution is 0.440. The second-order valence-corrected chi connectivity index (χ2v) is 6.43. The van der Waals surface area contributed by atoms with Crippen LogP contribution in [0.15, 0.2) is 47.7 Å². The molecule has 1 aromatic carbocycles. The van der Waals surface area contributed by atoms with Crippen LogP contribution in [0.2, 0.25) is 0 Å². The molecule has 1 unspecified atom stereocenters. The molecule has 2 rings (SSSR count). The number of halogens is 2. The number of aliphatic imine (C=N–C) groups is 1. The summed E-state index contributed by atoms with van der Waals surface area (Å²) in [6, 6.07) is 8.64. The van der Waals surface area contributed by atoms with E-state index in [4.69, 9.17) is 4.74 Å². The molecule has 1 atom stereocenters. The zero-order valence-corrected chi connectivity index (χ0v) is 18.5. The smallest absolute Gasteiger partial charge is 0.191 e. The van der Waals surface area contributed by atoms with Gasteiger partial charge in [-0.25, -0.2) is 9.38 Å². The molecule has 0 spiro atoms. The van der Waals surface area contributed by atoms with Crippen molar-refractivity contribution in [2.75, 3.05) is 6.54 Å². The highest BCUT2D eigenvalue weighted by molar-refractivity contribution is 14.0. The minimum atomic E-state index is -0.421. The minimum Gasteiger partial charge on any atom is -0.453 e. The van der Waals surface area contributed by atoms with Crippen LogP contribution in [-0.4, -0.2) is 23.5 Å². The standard InChI is InChI=1S/C20H27FN4O.HI/c1-5-23-20(25-15(4)14(2)3)24-12-16-8-9-19(18(21)11-16)26-17-7-6-10-22-13-17;/h6-11,13-15H,5,12H2,1-4H3,(H2,23,24,25);1H. The van der Waals surface area contributed by atoms with E-state index in [-0.39, 0.29) is 29.7 Å². The predicted octanol–water partition coefficient (Wildman–Crippen LogP) is 4.73. The number of hydrogen-bond donors (Lipinski definition) is 2. The third-order valence-electron chi connectivity index (χ3n) is 3.99. The van der Waals surface area contributed by atoms with Crippen LogP contribution in [0.1, 0.15) is 33.3 Å². The molecule has 1 heterocycles. The predicted molar refractivity (Wildman–Crippen MR) is 118 cm³/mol. The Morgan fingerprint density at radius 1 is 1.26 bits per heavy atom. The van der Waals surface area contributed by atoms with Gasteiger partial charge < -0.3 is 15.4 Å². The lowest BCUT2D eigenvalue weighted by Crippen LogP contribution is -2.44. The van der Waals surface area contributed by atoms with Crippen LogP contribution >= 0.6 is 24.0 Å². The molecule has 0 saturated heterocycles. The molecule has 27 heavy (non-hydrogen) atoms. The van der Waals surface area contributed by atoms with Gasteiger partial charge in [-0.3, -0.25) is 4.98 Å². The molecule has 2 N–H and O–H groups in total. The van der Waals surface area contributed by atoms with Crippen molar-refractivity contribution < 1.29 is 9.13 Å². The first-order chi connectivity index (χ1) is 12.5. The number of ether oxygens (including phenoxy) is 1. The fourth-order valence-electron chi connectivity index (χ4n) is 2.13. The largest absolute Gasteiger partial charge is 0.453 e. The Kier molecular flexibility index (Phi) is 10.1. The van der Waals surface area contributed by atoms with E-state index in [1.54, 1.807) is 30.6 Å². The molecule has 0 bridgehead atoms. The summed E-state index contributed by atoms with van der Waals surface area (Å²) in [7, 11) is 0. The van der Waals surface area contributed by atoms with Gasteiger partial charge in [0.2, 0.25) is 0 Å².